The van der Waals surface area contributed by atoms with E-state index in [2.05, 4.69) is 10.6 Å². The molecular formula is C13H18Cl2N2O. The molecule has 3 nitrogen and oxygen atoms in total. The number of halogens is 2. The van der Waals surface area contributed by atoms with Gasteiger partial charge < -0.3 is 10.6 Å². The highest BCUT2D eigenvalue weighted by atomic mass is 35.5. The van der Waals surface area contributed by atoms with Crippen molar-refractivity contribution in [2.75, 3.05) is 13.1 Å². The molecule has 2 N–H and O–H groups in total. The van der Waals surface area contributed by atoms with Crippen LogP contribution in [0.5, 0.6) is 0 Å². The average Bonchev–Trinajstić information content (AvgIpc) is 2.34. The number of hydrogen-bond donors (Lipinski definition) is 2. The summed E-state index contributed by atoms with van der Waals surface area (Å²) in [6, 6.07) is 5.74. The Bertz CT molecular complexity index is 417. The van der Waals surface area contributed by atoms with Crippen LogP contribution in [0, 0.1) is 6.92 Å². The zero-order chi connectivity index (χ0) is 12.3. The highest BCUT2D eigenvalue weighted by Crippen LogP contribution is 2.20. The Labute approximate surface area is 119 Å². The standard InChI is InChI=1S/C13H17ClN2O.ClH/c1-9-4-2-6-11(12(9)14)13(17)16-10-5-3-7-15-8-10;/h2,4,6,10,15H,3,5,7-8H2,1H3,(H,16,17);1H/t10-;/m0./s1. The molecule has 1 aromatic carbocycles. The molecule has 0 saturated carbocycles. The third-order valence-electron chi connectivity index (χ3n) is 3.07. The van der Waals surface area contributed by atoms with Gasteiger partial charge in [0.15, 0.2) is 0 Å². The lowest BCUT2D eigenvalue weighted by Gasteiger charge is -2.24. The summed E-state index contributed by atoms with van der Waals surface area (Å²) in [6.45, 7) is 3.79. The summed E-state index contributed by atoms with van der Waals surface area (Å²) in [5.74, 6) is -0.0765. The molecule has 1 amide bonds. The van der Waals surface area contributed by atoms with Crippen molar-refractivity contribution in [3.8, 4) is 0 Å². The first-order chi connectivity index (χ1) is 8.18. The van der Waals surface area contributed by atoms with Crippen LogP contribution in [0.15, 0.2) is 18.2 Å². The van der Waals surface area contributed by atoms with E-state index in [-0.39, 0.29) is 24.4 Å². The lowest BCUT2D eigenvalue weighted by atomic mass is 10.1. The van der Waals surface area contributed by atoms with Crippen LogP contribution in [-0.2, 0) is 0 Å². The average molecular weight is 289 g/mol. The second-order valence-electron chi connectivity index (χ2n) is 4.45. The SMILES string of the molecule is Cc1cccc(C(=O)N[C@H]2CCCNC2)c1Cl.Cl. The Morgan fingerprint density at radius 2 is 2.28 bits per heavy atom. The number of amides is 1. The molecule has 1 heterocycles. The van der Waals surface area contributed by atoms with Gasteiger partial charge in [0.2, 0.25) is 0 Å². The molecule has 1 aliphatic rings. The van der Waals surface area contributed by atoms with Gasteiger partial charge in [0.05, 0.1) is 10.6 Å². The summed E-state index contributed by atoms with van der Waals surface area (Å²) >= 11 is 6.13. The monoisotopic (exact) mass is 288 g/mol. The third-order valence-corrected chi connectivity index (χ3v) is 3.57. The van der Waals surface area contributed by atoms with Crippen LogP contribution in [0.3, 0.4) is 0 Å². The minimum atomic E-state index is -0.0765. The Balaban J connectivity index is 0.00000162. The molecule has 0 aromatic heterocycles. The number of carbonyl (C=O) groups excluding carboxylic acids is 1. The summed E-state index contributed by atoms with van der Waals surface area (Å²) in [7, 11) is 0. The summed E-state index contributed by atoms with van der Waals surface area (Å²) in [4.78, 5) is 12.1. The van der Waals surface area contributed by atoms with Crippen molar-refractivity contribution in [1.82, 2.24) is 10.6 Å². The fourth-order valence-electron chi connectivity index (χ4n) is 2.06. The van der Waals surface area contributed by atoms with Crippen molar-refractivity contribution in [3.63, 3.8) is 0 Å². The molecule has 1 atom stereocenters. The predicted octanol–water partition coefficient (Wildman–Crippen LogP) is 2.55. The summed E-state index contributed by atoms with van der Waals surface area (Å²) in [5, 5.41) is 6.84. The predicted molar refractivity (Wildman–Crippen MR) is 76.8 cm³/mol. The van der Waals surface area contributed by atoms with E-state index in [1.807, 2.05) is 19.1 Å². The lowest BCUT2D eigenvalue weighted by molar-refractivity contribution is 0.0931. The molecule has 0 radical (unpaired) electrons. The molecule has 2 rings (SSSR count). The van der Waals surface area contributed by atoms with Crippen molar-refractivity contribution in [2.24, 2.45) is 0 Å². The molecule has 5 heteroatoms. The number of carbonyl (C=O) groups is 1. The molecule has 1 aliphatic heterocycles. The molecule has 0 spiro atoms. The summed E-state index contributed by atoms with van der Waals surface area (Å²) in [5.41, 5.74) is 1.50. The topological polar surface area (TPSA) is 41.1 Å². The molecule has 0 aliphatic carbocycles. The van der Waals surface area contributed by atoms with Crippen LogP contribution in [0.25, 0.3) is 0 Å². The van der Waals surface area contributed by atoms with Gasteiger partial charge in [-0.05, 0) is 37.9 Å². The number of hydrogen-bond acceptors (Lipinski definition) is 2. The third kappa shape index (κ3) is 3.61. The van der Waals surface area contributed by atoms with E-state index >= 15 is 0 Å². The van der Waals surface area contributed by atoms with E-state index in [9.17, 15) is 4.79 Å². The summed E-state index contributed by atoms with van der Waals surface area (Å²) in [6.07, 6.45) is 2.13. The Morgan fingerprint density at radius 3 is 2.94 bits per heavy atom. The maximum atomic E-state index is 12.1. The normalized spacial score (nSPS) is 18.9. The quantitative estimate of drug-likeness (QED) is 0.878. The molecule has 18 heavy (non-hydrogen) atoms. The van der Waals surface area contributed by atoms with E-state index in [1.54, 1.807) is 6.07 Å². The molecule has 1 fully saturated rings. The highest BCUT2D eigenvalue weighted by Gasteiger charge is 2.18. The van der Waals surface area contributed by atoms with Gasteiger partial charge in [0.1, 0.15) is 0 Å². The first-order valence-corrected chi connectivity index (χ1v) is 6.33. The minimum Gasteiger partial charge on any atom is -0.348 e. The van der Waals surface area contributed by atoms with Crippen molar-refractivity contribution >= 4 is 29.9 Å². The van der Waals surface area contributed by atoms with E-state index < -0.39 is 0 Å². The smallest absolute Gasteiger partial charge is 0.253 e. The molecule has 0 bridgehead atoms. The minimum absolute atomic E-state index is 0. The molecule has 1 saturated heterocycles. The van der Waals surface area contributed by atoms with Gasteiger partial charge in [-0.1, -0.05) is 23.7 Å². The van der Waals surface area contributed by atoms with Crippen LogP contribution in [0.1, 0.15) is 28.8 Å². The lowest BCUT2D eigenvalue weighted by Crippen LogP contribution is -2.45. The Morgan fingerprint density at radius 1 is 1.50 bits per heavy atom. The number of piperidine rings is 1. The van der Waals surface area contributed by atoms with Crippen molar-refractivity contribution in [2.45, 2.75) is 25.8 Å². The van der Waals surface area contributed by atoms with Crippen LogP contribution in [-0.4, -0.2) is 25.0 Å². The number of benzene rings is 1. The van der Waals surface area contributed by atoms with E-state index in [4.69, 9.17) is 11.6 Å². The zero-order valence-corrected chi connectivity index (χ0v) is 11.9. The van der Waals surface area contributed by atoms with Crippen LogP contribution < -0.4 is 10.6 Å². The second-order valence-corrected chi connectivity index (χ2v) is 4.83. The fraction of sp³-hybridized carbons (Fsp3) is 0.462. The largest absolute Gasteiger partial charge is 0.348 e. The molecule has 1 aromatic rings. The highest BCUT2D eigenvalue weighted by molar-refractivity contribution is 6.34. The van der Waals surface area contributed by atoms with Crippen molar-refractivity contribution in [3.05, 3.63) is 34.3 Å². The van der Waals surface area contributed by atoms with Gasteiger partial charge in [0, 0.05) is 12.6 Å². The molecule has 100 valence electrons. The van der Waals surface area contributed by atoms with Gasteiger partial charge in [-0.15, -0.1) is 12.4 Å². The molecular weight excluding hydrogens is 271 g/mol. The first-order valence-electron chi connectivity index (χ1n) is 5.95. The number of rotatable bonds is 2. The van der Waals surface area contributed by atoms with Gasteiger partial charge in [-0.3, -0.25) is 4.79 Å². The Kier molecular flexibility index (Phi) is 5.93. The Hall–Kier alpha value is -0.770. The maximum Gasteiger partial charge on any atom is 0.253 e. The fourth-order valence-corrected chi connectivity index (χ4v) is 2.27. The van der Waals surface area contributed by atoms with E-state index in [1.165, 1.54) is 0 Å². The number of nitrogens with one attached hydrogen (secondary N) is 2. The van der Waals surface area contributed by atoms with Gasteiger partial charge in [0.25, 0.3) is 5.91 Å². The number of aryl methyl sites for hydroxylation is 1. The maximum absolute atomic E-state index is 12.1. The van der Waals surface area contributed by atoms with Crippen LogP contribution >= 0.6 is 24.0 Å². The summed E-state index contributed by atoms with van der Waals surface area (Å²) < 4.78 is 0. The van der Waals surface area contributed by atoms with E-state index in [0.29, 0.717) is 10.6 Å². The van der Waals surface area contributed by atoms with Crippen LogP contribution in [0.2, 0.25) is 5.02 Å². The molecule has 0 unspecified atom stereocenters. The van der Waals surface area contributed by atoms with Crippen LogP contribution in [0.4, 0.5) is 0 Å². The van der Waals surface area contributed by atoms with Gasteiger partial charge in [-0.2, -0.15) is 0 Å². The zero-order valence-electron chi connectivity index (χ0n) is 10.3. The van der Waals surface area contributed by atoms with Crippen molar-refractivity contribution in [1.29, 1.82) is 0 Å². The van der Waals surface area contributed by atoms with Gasteiger partial charge in [-0.25, -0.2) is 0 Å². The second kappa shape index (κ2) is 6.98. The van der Waals surface area contributed by atoms with E-state index in [0.717, 1.165) is 31.5 Å². The van der Waals surface area contributed by atoms with Crippen molar-refractivity contribution < 1.29 is 4.79 Å². The first kappa shape index (κ1) is 15.3. The van der Waals surface area contributed by atoms with Gasteiger partial charge >= 0.3 is 0 Å².